The van der Waals surface area contributed by atoms with Crippen molar-refractivity contribution in [3.8, 4) is 0 Å². The van der Waals surface area contributed by atoms with E-state index in [0.29, 0.717) is 12.0 Å². The van der Waals surface area contributed by atoms with Gasteiger partial charge in [-0.05, 0) is 36.6 Å². The van der Waals surface area contributed by atoms with Gasteiger partial charge in [-0.3, -0.25) is 0 Å². The molecule has 1 atom stereocenters. The van der Waals surface area contributed by atoms with Gasteiger partial charge in [0.15, 0.2) is 0 Å². The van der Waals surface area contributed by atoms with Crippen molar-refractivity contribution in [2.45, 2.75) is 39.2 Å². The molecule has 2 heteroatoms. The van der Waals surface area contributed by atoms with Crippen LogP contribution in [0, 0.1) is 6.92 Å². The van der Waals surface area contributed by atoms with Crippen molar-refractivity contribution in [1.29, 1.82) is 0 Å². The lowest BCUT2D eigenvalue weighted by Crippen LogP contribution is -2.28. The predicted molar refractivity (Wildman–Crippen MR) is 94.9 cm³/mol. The van der Waals surface area contributed by atoms with Crippen molar-refractivity contribution in [1.82, 2.24) is 5.32 Å². The number of benzene rings is 2. The third-order valence-electron chi connectivity index (χ3n) is 3.72. The zero-order valence-corrected chi connectivity index (χ0v) is 14.7. The molecule has 0 spiro atoms. The maximum atomic E-state index is 3.58. The lowest BCUT2D eigenvalue weighted by atomic mass is 9.91. The van der Waals surface area contributed by atoms with Crippen LogP contribution in [0.2, 0.25) is 0 Å². The molecule has 21 heavy (non-hydrogen) atoms. The molecule has 112 valence electrons. The monoisotopic (exact) mass is 345 g/mol. The SMILES string of the molecule is Cc1ccc(CC(CNC(C)C)c2ccc(Br)cc2)cc1. The second-order valence-electron chi connectivity index (χ2n) is 6.00. The maximum absolute atomic E-state index is 3.58. The topological polar surface area (TPSA) is 12.0 Å². The van der Waals surface area contributed by atoms with E-state index in [9.17, 15) is 0 Å². The van der Waals surface area contributed by atoms with Crippen LogP contribution in [-0.4, -0.2) is 12.6 Å². The molecule has 0 fully saturated rings. The van der Waals surface area contributed by atoms with E-state index < -0.39 is 0 Å². The minimum atomic E-state index is 0.503. The first kappa shape index (κ1) is 16.3. The summed E-state index contributed by atoms with van der Waals surface area (Å²) in [7, 11) is 0. The van der Waals surface area contributed by atoms with Gasteiger partial charge in [-0.2, -0.15) is 0 Å². The first-order chi connectivity index (χ1) is 10.0. The average Bonchev–Trinajstić information content (AvgIpc) is 2.46. The van der Waals surface area contributed by atoms with Crippen LogP contribution in [0.15, 0.2) is 53.0 Å². The summed E-state index contributed by atoms with van der Waals surface area (Å²) in [6, 6.07) is 18.1. The summed E-state index contributed by atoms with van der Waals surface area (Å²) in [6.45, 7) is 7.54. The summed E-state index contributed by atoms with van der Waals surface area (Å²) in [5.41, 5.74) is 4.12. The van der Waals surface area contributed by atoms with Crippen molar-refractivity contribution in [2.24, 2.45) is 0 Å². The van der Waals surface area contributed by atoms with E-state index >= 15 is 0 Å². The van der Waals surface area contributed by atoms with Crippen LogP contribution in [0.5, 0.6) is 0 Å². The van der Waals surface area contributed by atoms with Crippen LogP contribution in [0.3, 0.4) is 0 Å². The van der Waals surface area contributed by atoms with Crippen molar-refractivity contribution in [3.05, 3.63) is 69.7 Å². The molecule has 1 N–H and O–H groups in total. The number of nitrogens with one attached hydrogen (secondary N) is 1. The van der Waals surface area contributed by atoms with Gasteiger partial charge in [0.2, 0.25) is 0 Å². The normalized spacial score (nSPS) is 12.6. The molecule has 0 aliphatic carbocycles. The minimum Gasteiger partial charge on any atom is -0.314 e. The van der Waals surface area contributed by atoms with E-state index in [0.717, 1.165) is 17.4 Å². The van der Waals surface area contributed by atoms with Gasteiger partial charge in [0.05, 0.1) is 0 Å². The molecule has 0 aromatic heterocycles. The molecule has 2 aromatic carbocycles. The zero-order valence-electron chi connectivity index (χ0n) is 13.1. The highest BCUT2D eigenvalue weighted by Crippen LogP contribution is 2.23. The molecule has 0 radical (unpaired) electrons. The fraction of sp³-hybridized carbons (Fsp3) is 0.368. The average molecular weight is 346 g/mol. The van der Waals surface area contributed by atoms with Gasteiger partial charge >= 0.3 is 0 Å². The molecule has 0 saturated carbocycles. The maximum Gasteiger partial charge on any atom is 0.0175 e. The first-order valence-corrected chi connectivity index (χ1v) is 8.38. The smallest absolute Gasteiger partial charge is 0.0175 e. The Balaban J connectivity index is 2.14. The van der Waals surface area contributed by atoms with Gasteiger partial charge in [0.1, 0.15) is 0 Å². The molecule has 0 aliphatic heterocycles. The lowest BCUT2D eigenvalue weighted by molar-refractivity contribution is 0.527. The van der Waals surface area contributed by atoms with Gasteiger partial charge in [-0.25, -0.2) is 0 Å². The summed E-state index contributed by atoms with van der Waals surface area (Å²) >= 11 is 3.52. The number of rotatable bonds is 6. The van der Waals surface area contributed by atoms with Crippen molar-refractivity contribution in [3.63, 3.8) is 0 Å². The summed E-state index contributed by atoms with van der Waals surface area (Å²) in [4.78, 5) is 0. The molecular formula is C19H24BrN. The van der Waals surface area contributed by atoms with Gasteiger partial charge < -0.3 is 5.32 Å². The second kappa shape index (κ2) is 7.77. The van der Waals surface area contributed by atoms with Gasteiger partial charge in [0, 0.05) is 23.0 Å². The summed E-state index contributed by atoms with van der Waals surface area (Å²) in [6.07, 6.45) is 1.07. The Morgan fingerprint density at radius 1 is 0.952 bits per heavy atom. The Morgan fingerprint density at radius 3 is 2.14 bits per heavy atom. The van der Waals surface area contributed by atoms with E-state index in [4.69, 9.17) is 0 Å². The summed E-state index contributed by atoms with van der Waals surface area (Å²) in [5, 5.41) is 3.58. The quantitative estimate of drug-likeness (QED) is 0.769. The van der Waals surface area contributed by atoms with Crippen LogP contribution in [0.1, 0.15) is 36.5 Å². The zero-order chi connectivity index (χ0) is 15.2. The van der Waals surface area contributed by atoms with Crippen LogP contribution >= 0.6 is 15.9 Å². The van der Waals surface area contributed by atoms with Crippen LogP contribution in [0.4, 0.5) is 0 Å². The Hall–Kier alpha value is -1.12. The van der Waals surface area contributed by atoms with E-state index in [2.05, 4.69) is 90.5 Å². The summed E-state index contributed by atoms with van der Waals surface area (Å²) in [5.74, 6) is 0.503. The molecule has 2 rings (SSSR count). The highest BCUT2D eigenvalue weighted by atomic mass is 79.9. The predicted octanol–water partition coefficient (Wildman–Crippen LogP) is 5.08. The van der Waals surface area contributed by atoms with E-state index in [1.165, 1.54) is 16.7 Å². The second-order valence-corrected chi connectivity index (χ2v) is 6.92. The molecular weight excluding hydrogens is 322 g/mol. The fourth-order valence-corrected chi connectivity index (χ4v) is 2.69. The highest BCUT2D eigenvalue weighted by Gasteiger charge is 2.13. The Kier molecular flexibility index (Phi) is 6.01. The molecule has 1 unspecified atom stereocenters. The molecule has 1 nitrogen and oxygen atoms in total. The van der Waals surface area contributed by atoms with Crippen molar-refractivity contribution in [2.75, 3.05) is 6.54 Å². The molecule has 0 amide bonds. The number of hydrogen-bond donors (Lipinski definition) is 1. The van der Waals surface area contributed by atoms with Crippen molar-refractivity contribution < 1.29 is 0 Å². The molecule has 0 aliphatic rings. The van der Waals surface area contributed by atoms with Gasteiger partial charge in [0.25, 0.3) is 0 Å². The standard InChI is InChI=1S/C19H24BrN/c1-14(2)21-13-18(17-8-10-19(20)11-9-17)12-16-6-4-15(3)5-7-16/h4-11,14,18,21H,12-13H2,1-3H3. The summed E-state index contributed by atoms with van der Waals surface area (Å²) < 4.78 is 1.14. The molecule has 0 saturated heterocycles. The Morgan fingerprint density at radius 2 is 1.57 bits per heavy atom. The van der Waals surface area contributed by atoms with E-state index in [1.807, 2.05) is 0 Å². The Bertz CT molecular complexity index is 543. The van der Waals surface area contributed by atoms with Crippen LogP contribution in [0.25, 0.3) is 0 Å². The Labute approximate surface area is 136 Å². The third kappa shape index (κ3) is 5.29. The molecule has 2 aromatic rings. The third-order valence-corrected chi connectivity index (χ3v) is 4.25. The van der Waals surface area contributed by atoms with Crippen LogP contribution in [-0.2, 0) is 6.42 Å². The van der Waals surface area contributed by atoms with Crippen LogP contribution < -0.4 is 5.32 Å². The van der Waals surface area contributed by atoms with E-state index in [1.54, 1.807) is 0 Å². The van der Waals surface area contributed by atoms with E-state index in [-0.39, 0.29) is 0 Å². The first-order valence-electron chi connectivity index (χ1n) is 7.59. The molecule has 0 heterocycles. The number of aryl methyl sites for hydroxylation is 1. The minimum absolute atomic E-state index is 0.503. The molecule has 0 bridgehead atoms. The van der Waals surface area contributed by atoms with Crippen molar-refractivity contribution >= 4 is 15.9 Å². The fourth-order valence-electron chi connectivity index (χ4n) is 2.43. The van der Waals surface area contributed by atoms with Gasteiger partial charge in [-0.15, -0.1) is 0 Å². The number of hydrogen-bond acceptors (Lipinski definition) is 1. The van der Waals surface area contributed by atoms with Gasteiger partial charge in [-0.1, -0.05) is 71.7 Å². The lowest BCUT2D eigenvalue weighted by Gasteiger charge is -2.20. The number of halogens is 1. The highest BCUT2D eigenvalue weighted by molar-refractivity contribution is 9.10. The largest absolute Gasteiger partial charge is 0.314 e.